The lowest BCUT2D eigenvalue weighted by atomic mass is 10.1. The van der Waals surface area contributed by atoms with Crippen molar-refractivity contribution < 1.29 is 9.36 Å². The van der Waals surface area contributed by atoms with Gasteiger partial charge in [-0.3, -0.25) is 14.0 Å². The van der Waals surface area contributed by atoms with Crippen LogP contribution in [0.15, 0.2) is 90.1 Å². The van der Waals surface area contributed by atoms with Gasteiger partial charge in [0.15, 0.2) is 18.0 Å². The van der Waals surface area contributed by atoms with Crippen LogP contribution in [0.25, 0.3) is 38.4 Å². The second-order valence-corrected chi connectivity index (χ2v) is 8.38. The number of aryl methyl sites for hydroxylation is 1. The maximum Gasteiger partial charge on any atom is 0.265 e. The molecule has 166 valence electrons. The summed E-state index contributed by atoms with van der Waals surface area (Å²) in [6.07, 6.45) is 6.85. The van der Waals surface area contributed by atoms with Gasteiger partial charge in [-0.2, -0.15) is 0 Å². The van der Waals surface area contributed by atoms with Crippen LogP contribution in [0.2, 0.25) is 0 Å². The molecule has 7 heteroatoms. The number of anilines is 1. The van der Waals surface area contributed by atoms with Crippen LogP contribution >= 0.6 is 0 Å². The molecule has 6 rings (SSSR count). The van der Waals surface area contributed by atoms with E-state index in [0.717, 1.165) is 34.8 Å². The predicted octanol–water partition coefficient (Wildman–Crippen LogP) is 4.19. The van der Waals surface area contributed by atoms with E-state index in [9.17, 15) is 9.59 Å². The Morgan fingerprint density at radius 3 is 2.71 bits per heavy atom. The Labute approximate surface area is 194 Å². The highest BCUT2D eigenvalue weighted by atomic mass is 16.1. The van der Waals surface area contributed by atoms with Gasteiger partial charge in [0, 0.05) is 53.1 Å². The third-order valence-electron chi connectivity index (χ3n) is 6.14. The van der Waals surface area contributed by atoms with Crippen molar-refractivity contribution in [2.75, 3.05) is 5.32 Å². The summed E-state index contributed by atoms with van der Waals surface area (Å²) in [5, 5.41) is 5.50. The van der Waals surface area contributed by atoms with Gasteiger partial charge in [-0.1, -0.05) is 24.3 Å². The highest BCUT2D eigenvalue weighted by Crippen LogP contribution is 2.27. The quantitative estimate of drug-likeness (QED) is 0.306. The number of fused-ring (bicyclic) bond motifs is 6. The molecule has 0 radical (unpaired) electrons. The SMILES string of the molecule is O=C(CCC[n+]1ccccc1)Nc1ccc2nc3c4[nH]c5ccccc5c4ccn3c(=O)c2c1. The number of aromatic amines is 1. The van der Waals surface area contributed by atoms with E-state index in [2.05, 4.69) is 16.4 Å². The van der Waals surface area contributed by atoms with Gasteiger partial charge >= 0.3 is 0 Å². The lowest BCUT2D eigenvalue weighted by molar-refractivity contribution is -0.697. The molecular formula is C27H22N5O2+. The van der Waals surface area contributed by atoms with E-state index in [1.807, 2.05) is 59.4 Å². The fraction of sp³-hybridized carbons (Fsp3) is 0.111. The zero-order valence-electron chi connectivity index (χ0n) is 18.4. The van der Waals surface area contributed by atoms with Crippen LogP contribution in [-0.2, 0) is 11.3 Å². The lowest BCUT2D eigenvalue weighted by Gasteiger charge is -2.08. The Hall–Kier alpha value is -4.52. The minimum atomic E-state index is -0.169. The summed E-state index contributed by atoms with van der Waals surface area (Å²) < 4.78 is 3.61. The number of carbonyl (C=O) groups excluding carboxylic acids is 1. The zero-order chi connectivity index (χ0) is 23.1. The van der Waals surface area contributed by atoms with Gasteiger partial charge in [0.2, 0.25) is 5.91 Å². The van der Waals surface area contributed by atoms with Crippen molar-refractivity contribution in [2.24, 2.45) is 0 Å². The molecule has 0 aliphatic carbocycles. The second kappa shape index (κ2) is 8.12. The molecular weight excluding hydrogens is 426 g/mol. The van der Waals surface area contributed by atoms with Crippen molar-refractivity contribution in [1.29, 1.82) is 0 Å². The monoisotopic (exact) mass is 448 g/mol. The molecule has 0 unspecified atom stereocenters. The molecule has 0 aliphatic rings. The number of nitrogens with one attached hydrogen (secondary N) is 2. The number of pyridine rings is 2. The van der Waals surface area contributed by atoms with Crippen LogP contribution in [-0.4, -0.2) is 20.3 Å². The minimum Gasteiger partial charge on any atom is -0.351 e. The maximum atomic E-state index is 13.3. The number of benzene rings is 2. The van der Waals surface area contributed by atoms with Gasteiger partial charge in [0.25, 0.3) is 5.56 Å². The van der Waals surface area contributed by atoms with E-state index in [1.165, 1.54) is 0 Å². The van der Waals surface area contributed by atoms with Crippen LogP contribution in [0.4, 0.5) is 5.69 Å². The van der Waals surface area contributed by atoms with Gasteiger partial charge in [0.1, 0.15) is 6.54 Å². The number of amides is 1. The largest absolute Gasteiger partial charge is 0.351 e. The normalized spacial score (nSPS) is 11.5. The van der Waals surface area contributed by atoms with Gasteiger partial charge < -0.3 is 10.3 Å². The number of H-pyrrole nitrogens is 1. The third-order valence-corrected chi connectivity index (χ3v) is 6.14. The summed E-state index contributed by atoms with van der Waals surface area (Å²) in [4.78, 5) is 33.9. The number of nitrogens with zero attached hydrogens (tertiary/aromatic N) is 3. The first-order valence-electron chi connectivity index (χ1n) is 11.3. The maximum absolute atomic E-state index is 13.3. The lowest BCUT2D eigenvalue weighted by Crippen LogP contribution is -2.32. The van der Waals surface area contributed by atoms with Crippen LogP contribution in [0, 0.1) is 0 Å². The third kappa shape index (κ3) is 3.47. The van der Waals surface area contributed by atoms with Crippen molar-refractivity contribution in [3.8, 4) is 0 Å². The average molecular weight is 449 g/mol. The molecule has 7 nitrogen and oxygen atoms in total. The van der Waals surface area contributed by atoms with E-state index in [4.69, 9.17) is 4.98 Å². The van der Waals surface area contributed by atoms with E-state index in [1.54, 1.807) is 28.8 Å². The van der Waals surface area contributed by atoms with Crippen molar-refractivity contribution in [1.82, 2.24) is 14.4 Å². The highest BCUT2D eigenvalue weighted by molar-refractivity contribution is 6.11. The Kier molecular flexibility index (Phi) is 4.80. The molecule has 0 saturated heterocycles. The molecule has 1 amide bonds. The van der Waals surface area contributed by atoms with E-state index < -0.39 is 0 Å². The van der Waals surface area contributed by atoms with Gasteiger partial charge in [0.05, 0.1) is 16.4 Å². The molecule has 0 fully saturated rings. The molecule has 4 heterocycles. The molecule has 2 aromatic carbocycles. The number of carbonyl (C=O) groups is 1. The first kappa shape index (κ1) is 20.1. The molecule has 2 N–H and O–H groups in total. The van der Waals surface area contributed by atoms with Gasteiger partial charge in [-0.05, 0) is 30.3 Å². The molecule has 0 saturated carbocycles. The molecule has 34 heavy (non-hydrogen) atoms. The first-order chi connectivity index (χ1) is 16.7. The van der Waals surface area contributed by atoms with Gasteiger partial charge in [-0.15, -0.1) is 0 Å². The number of hydrogen-bond acceptors (Lipinski definition) is 3. The topological polar surface area (TPSA) is 83.1 Å². The molecule has 6 aromatic rings. The number of aromatic nitrogens is 4. The number of hydrogen-bond donors (Lipinski definition) is 2. The zero-order valence-corrected chi connectivity index (χ0v) is 18.4. The summed E-state index contributed by atoms with van der Waals surface area (Å²) >= 11 is 0. The molecule has 4 aromatic heterocycles. The number of para-hydroxylation sites is 1. The highest BCUT2D eigenvalue weighted by Gasteiger charge is 2.13. The summed E-state index contributed by atoms with van der Waals surface area (Å²) in [6.45, 7) is 0.769. The Balaban J connectivity index is 1.30. The van der Waals surface area contributed by atoms with E-state index in [-0.39, 0.29) is 11.5 Å². The Bertz CT molecular complexity index is 1750. The van der Waals surface area contributed by atoms with Crippen molar-refractivity contribution >= 4 is 50.0 Å². The first-order valence-corrected chi connectivity index (χ1v) is 11.3. The number of rotatable bonds is 5. The van der Waals surface area contributed by atoms with E-state index in [0.29, 0.717) is 28.7 Å². The smallest absolute Gasteiger partial charge is 0.265 e. The molecule has 0 spiro atoms. The Morgan fingerprint density at radius 2 is 1.82 bits per heavy atom. The van der Waals surface area contributed by atoms with Gasteiger partial charge in [-0.25, -0.2) is 9.55 Å². The predicted molar refractivity (Wildman–Crippen MR) is 133 cm³/mol. The fourth-order valence-corrected chi connectivity index (χ4v) is 4.48. The van der Waals surface area contributed by atoms with Crippen LogP contribution in [0.5, 0.6) is 0 Å². The molecule has 0 bridgehead atoms. The van der Waals surface area contributed by atoms with Crippen LogP contribution in [0.3, 0.4) is 0 Å². The Morgan fingerprint density at radius 1 is 0.971 bits per heavy atom. The minimum absolute atomic E-state index is 0.0792. The second-order valence-electron chi connectivity index (χ2n) is 8.38. The standard InChI is InChI=1S/C27H21N5O2/c33-24(9-6-15-31-13-4-1-5-14-31)28-18-10-11-23-21(17-18)27(34)32-16-12-20-19-7-2-3-8-22(19)29-25(20)26(32)30-23/h1-5,7-8,10-14,16-17H,6,9,15H2,(H-,28,29,30,33,34)/p+1. The summed E-state index contributed by atoms with van der Waals surface area (Å²) in [7, 11) is 0. The molecule has 0 atom stereocenters. The van der Waals surface area contributed by atoms with Crippen molar-refractivity contribution in [2.45, 2.75) is 19.4 Å². The molecule has 0 aliphatic heterocycles. The van der Waals surface area contributed by atoms with E-state index >= 15 is 0 Å². The van der Waals surface area contributed by atoms with Crippen LogP contribution < -0.4 is 15.4 Å². The summed E-state index contributed by atoms with van der Waals surface area (Å²) in [5.74, 6) is -0.0792. The van der Waals surface area contributed by atoms with Crippen LogP contribution in [0.1, 0.15) is 12.8 Å². The van der Waals surface area contributed by atoms with Crippen molar-refractivity contribution in [3.05, 3.63) is 95.7 Å². The summed E-state index contributed by atoms with van der Waals surface area (Å²) in [6, 6.07) is 21.2. The van der Waals surface area contributed by atoms with Crippen molar-refractivity contribution in [3.63, 3.8) is 0 Å². The summed E-state index contributed by atoms with van der Waals surface area (Å²) in [5.41, 5.74) is 3.43. The fourth-order valence-electron chi connectivity index (χ4n) is 4.48. The average Bonchev–Trinajstić information content (AvgIpc) is 3.24.